The van der Waals surface area contributed by atoms with Crippen LogP contribution in [0.4, 0.5) is 4.70 Å². The molecule has 0 fully saturated rings. The molecule has 1 heterocycles. The lowest BCUT2D eigenvalue weighted by Gasteiger charge is -1.95. The molecule has 0 aliphatic heterocycles. The number of nitrogens with zero attached hydrogens (tertiary/aromatic N) is 1. The Hall–Kier alpha value is -1.01. The van der Waals surface area contributed by atoms with Crippen molar-refractivity contribution in [1.29, 1.82) is 0 Å². The standard InChI is InChI=1S/C6H14O3S.C5H5N.FH/c1-2-3-4-5-6-10(7,8)9;1-2-4-6-5-3-1;/h2-6H2,1H3,(H,7,8,9);1-5H;1H. The van der Waals surface area contributed by atoms with Gasteiger partial charge in [-0.1, -0.05) is 32.3 Å². The number of unbranched alkanes of at least 4 members (excludes halogenated alkanes) is 3. The van der Waals surface area contributed by atoms with Crippen molar-refractivity contribution >= 4 is 10.1 Å². The number of hydrogen-bond acceptors (Lipinski definition) is 3. The smallest absolute Gasteiger partial charge is 0.264 e. The molecule has 100 valence electrons. The minimum atomic E-state index is -3.70. The molecule has 6 heteroatoms. The maximum Gasteiger partial charge on any atom is 0.264 e. The van der Waals surface area contributed by atoms with Crippen LogP contribution in [0.15, 0.2) is 30.6 Å². The molecule has 0 atom stereocenters. The highest BCUT2D eigenvalue weighted by Gasteiger charge is 2.01. The van der Waals surface area contributed by atoms with Crippen LogP contribution < -0.4 is 0 Å². The zero-order valence-corrected chi connectivity index (χ0v) is 10.8. The fourth-order valence-electron chi connectivity index (χ4n) is 1.02. The molecule has 1 N–H and O–H groups in total. The maximum atomic E-state index is 10.1. The van der Waals surface area contributed by atoms with Crippen molar-refractivity contribution in [2.24, 2.45) is 0 Å². The zero-order valence-electron chi connectivity index (χ0n) is 9.95. The van der Waals surface area contributed by atoms with E-state index in [0.29, 0.717) is 6.42 Å². The van der Waals surface area contributed by atoms with Crippen molar-refractivity contribution in [3.63, 3.8) is 0 Å². The van der Waals surface area contributed by atoms with Crippen LogP contribution in [0, 0.1) is 0 Å². The summed E-state index contributed by atoms with van der Waals surface area (Å²) in [5, 5.41) is 0. The van der Waals surface area contributed by atoms with Crippen LogP contribution in [0.3, 0.4) is 0 Å². The first-order valence-electron chi connectivity index (χ1n) is 5.36. The molecule has 0 saturated carbocycles. The van der Waals surface area contributed by atoms with E-state index in [9.17, 15) is 8.42 Å². The summed E-state index contributed by atoms with van der Waals surface area (Å²) in [6.45, 7) is 2.05. The Morgan fingerprint density at radius 1 is 1.06 bits per heavy atom. The zero-order chi connectivity index (χ0) is 12.3. The van der Waals surface area contributed by atoms with Crippen LogP contribution in [-0.2, 0) is 10.1 Å². The van der Waals surface area contributed by atoms with Gasteiger partial charge in [0.15, 0.2) is 0 Å². The molecule has 0 saturated heterocycles. The molecule has 0 bridgehead atoms. The number of pyridine rings is 1. The Morgan fingerprint density at radius 3 is 1.94 bits per heavy atom. The minimum absolute atomic E-state index is 0. The van der Waals surface area contributed by atoms with Crippen molar-refractivity contribution in [1.82, 2.24) is 4.98 Å². The first-order chi connectivity index (χ1) is 7.56. The lowest BCUT2D eigenvalue weighted by Crippen LogP contribution is -2.03. The molecule has 0 aromatic carbocycles. The predicted octanol–water partition coefficient (Wildman–Crippen LogP) is 2.69. The Bertz CT molecular complexity index is 316. The van der Waals surface area contributed by atoms with Crippen molar-refractivity contribution in [2.45, 2.75) is 32.6 Å². The SMILES string of the molecule is CCCCCCS(=O)(=O)O.F.c1ccncc1. The normalized spacial score (nSPS) is 9.76. The molecule has 0 radical (unpaired) electrons. The van der Waals surface area contributed by atoms with Gasteiger partial charge in [-0.15, -0.1) is 0 Å². The second kappa shape index (κ2) is 11.5. The molecular weight excluding hydrogens is 245 g/mol. The number of rotatable bonds is 5. The summed E-state index contributed by atoms with van der Waals surface area (Å²) in [6, 6.07) is 5.72. The summed E-state index contributed by atoms with van der Waals surface area (Å²) in [6.07, 6.45) is 7.07. The van der Waals surface area contributed by atoms with E-state index in [1.54, 1.807) is 12.4 Å². The van der Waals surface area contributed by atoms with Crippen LogP contribution in [0.5, 0.6) is 0 Å². The Balaban J connectivity index is 0. The summed E-state index contributed by atoms with van der Waals surface area (Å²) < 4.78 is 28.6. The number of hydrogen-bond donors (Lipinski definition) is 1. The van der Waals surface area contributed by atoms with Gasteiger partial charge in [0.1, 0.15) is 0 Å². The van der Waals surface area contributed by atoms with E-state index in [2.05, 4.69) is 4.98 Å². The summed E-state index contributed by atoms with van der Waals surface area (Å²) in [4.78, 5) is 3.78. The summed E-state index contributed by atoms with van der Waals surface area (Å²) in [5.74, 6) is -0.0903. The first-order valence-corrected chi connectivity index (χ1v) is 6.97. The predicted molar refractivity (Wildman–Crippen MR) is 67.3 cm³/mol. The highest BCUT2D eigenvalue weighted by Crippen LogP contribution is 2.00. The van der Waals surface area contributed by atoms with Gasteiger partial charge < -0.3 is 0 Å². The number of aromatic nitrogens is 1. The third-order valence-electron chi connectivity index (χ3n) is 1.82. The van der Waals surface area contributed by atoms with Crippen LogP contribution in [-0.4, -0.2) is 23.7 Å². The van der Waals surface area contributed by atoms with Gasteiger partial charge in [0.2, 0.25) is 0 Å². The Kier molecular flexibility index (Phi) is 12.4. The van der Waals surface area contributed by atoms with E-state index in [0.717, 1.165) is 19.3 Å². The second-order valence-corrected chi connectivity index (χ2v) is 4.94. The number of halogens is 1. The molecule has 0 spiro atoms. The van der Waals surface area contributed by atoms with Gasteiger partial charge in [-0.3, -0.25) is 14.2 Å². The monoisotopic (exact) mass is 265 g/mol. The summed E-state index contributed by atoms with van der Waals surface area (Å²) in [7, 11) is -3.70. The van der Waals surface area contributed by atoms with E-state index in [4.69, 9.17) is 4.55 Å². The molecule has 0 amide bonds. The summed E-state index contributed by atoms with van der Waals surface area (Å²) in [5.41, 5.74) is 0. The van der Waals surface area contributed by atoms with Gasteiger partial charge in [0.25, 0.3) is 10.1 Å². The third-order valence-corrected chi connectivity index (χ3v) is 2.63. The van der Waals surface area contributed by atoms with Crippen LogP contribution >= 0.6 is 0 Å². The lowest BCUT2D eigenvalue weighted by molar-refractivity contribution is 0.479. The van der Waals surface area contributed by atoms with E-state index in [-0.39, 0.29) is 10.5 Å². The van der Waals surface area contributed by atoms with Crippen molar-refractivity contribution in [3.05, 3.63) is 30.6 Å². The first kappa shape index (κ1) is 18.4. The molecule has 0 unspecified atom stereocenters. The van der Waals surface area contributed by atoms with E-state index in [1.165, 1.54) is 0 Å². The van der Waals surface area contributed by atoms with Gasteiger partial charge in [-0.05, 0) is 18.6 Å². The summed E-state index contributed by atoms with van der Waals surface area (Å²) >= 11 is 0. The minimum Gasteiger partial charge on any atom is -0.286 e. The van der Waals surface area contributed by atoms with Crippen LogP contribution in [0.25, 0.3) is 0 Å². The van der Waals surface area contributed by atoms with E-state index in [1.807, 2.05) is 25.1 Å². The van der Waals surface area contributed by atoms with Crippen molar-refractivity contribution in [2.75, 3.05) is 5.75 Å². The van der Waals surface area contributed by atoms with Crippen molar-refractivity contribution in [3.8, 4) is 0 Å². The Morgan fingerprint density at radius 2 is 1.65 bits per heavy atom. The fraction of sp³-hybridized carbons (Fsp3) is 0.545. The Labute approximate surface area is 102 Å². The molecule has 0 aliphatic rings. The molecule has 0 aliphatic carbocycles. The molecule has 1 aromatic rings. The average molecular weight is 265 g/mol. The lowest BCUT2D eigenvalue weighted by atomic mass is 10.2. The molecule has 1 aromatic heterocycles. The topological polar surface area (TPSA) is 67.3 Å². The van der Waals surface area contributed by atoms with Crippen molar-refractivity contribution < 1.29 is 17.7 Å². The average Bonchev–Trinajstić information content (AvgIpc) is 2.27. The van der Waals surface area contributed by atoms with Gasteiger partial charge in [0, 0.05) is 12.4 Å². The van der Waals surface area contributed by atoms with E-state index < -0.39 is 10.1 Å². The second-order valence-electron chi connectivity index (χ2n) is 3.37. The molecule has 4 nitrogen and oxygen atoms in total. The molecule has 17 heavy (non-hydrogen) atoms. The van der Waals surface area contributed by atoms with Crippen LogP contribution in [0.2, 0.25) is 0 Å². The van der Waals surface area contributed by atoms with E-state index >= 15 is 0 Å². The van der Waals surface area contributed by atoms with Gasteiger partial charge in [0.05, 0.1) is 5.75 Å². The van der Waals surface area contributed by atoms with Gasteiger partial charge in [-0.2, -0.15) is 8.42 Å². The highest BCUT2D eigenvalue weighted by atomic mass is 32.2. The fourth-order valence-corrected chi connectivity index (χ4v) is 1.59. The quantitative estimate of drug-likeness (QED) is 0.656. The largest absolute Gasteiger partial charge is 0.286 e. The van der Waals surface area contributed by atoms with Crippen LogP contribution in [0.1, 0.15) is 32.6 Å². The third kappa shape index (κ3) is 17.6. The van der Waals surface area contributed by atoms with Gasteiger partial charge >= 0.3 is 0 Å². The highest BCUT2D eigenvalue weighted by molar-refractivity contribution is 7.85. The maximum absolute atomic E-state index is 10.1. The van der Waals surface area contributed by atoms with Gasteiger partial charge in [-0.25, -0.2) is 0 Å². The molecular formula is C11H20FNO3S. The molecule has 1 rings (SSSR count).